The predicted octanol–water partition coefficient (Wildman–Crippen LogP) is 1.31. The monoisotopic (exact) mass is 178 g/mol. The van der Waals surface area contributed by atoms with E-state index >= 15 is 0 Å². The fourth-order valence-corrected chi connectivity index (χ4v) is 2.26. The Bertz CT molecular complexity index is 217. The Labute approximate surface area is 63.0 Å². The van der Waals surface area contributed by atoms with E-state index < -0.39 is 12.6 Å². The summed E-state index contributed by atoms with van der Waals surface area (Å²) in [6.45, 7) is 0. The SMILES string of the molecule is O=P(O)(O)C1C=CC=CS1. The molecule has 1 aliphatic rings. The first kappa shape index (κ1) is 8.08. The zero-order valence-corrected chi connectivity index (χ0v) is 6.76. The topological polar surface area (TPSA) is 57.5 Å². The molecular formula is C5H7O3PS. The van der Waals surface area contributed by atoms with E-state index in [1.54, 1.807) is 17.6 Å². The van der Waals surface area contributed by atoms with Crippen molar-refractivity contribution in [3.63, 3.8) is 0 Å². The van der Waals surface area contributed by atoms with E-state index in [1.807, 2.05) is 0 Å². The van der Waals surface area contributed by atoms with Gasteiger partial charge in [0.15, 0.2) is 0 Å². The molecule has 5 heteroatoms. The second-order valence-electron chi connectivity index (χ2n) is 1.83. The Balaban J connectivity index is 2.69. The minimum Gasteiger partial charge on any atom is -0.323 e. The molecule has 0 saturated carbocycles. The van der Waals surface area contributed by atoms with Crippen molar-refractivity contribution in [2.24, 2.45) is 0 Å². The highest BCUT2D eigenvalue weighted by Gasteiger charge is 2.26. The molecule has 0 aromatic rings. The van der Waals surface area contributed by atoms with Crippen LogP contribution in [0.3, 0.4) is 0 Å². The second-order valence-corrected chi connectivity index (χ2v) is 4.97. The summed E-state index contributed by atoms with van der Waals surface area (Å²) >= 11 is 1.14. The molecule has 0 spiro atoms. The summed E-state index contributed by atoms with van der Waals surface area (Å²) in [4.78, 5) is 16.6. The van der Waals surface area contributed by atoms with E-state index in [0.29, 0.717) is 0 Å². The van der Waals surface area contributed by atoms with Gasteiger partial charge in [-0.1, -0.05) is 18.2 Å². The molecule has 0 amide bonds. The highest BCUT2D eigenvalue weighted by Crippen LogP contribution is 2.49. The Morgan fingerprint density at radius 2 is 2.10 bits per heavy atom. The highest BCUT2D eigenvalue weighted by molar-refractivity contribution is 8.08. The van der Waals surface area contributed by atoms with Crippen molar-refractivity contribution in [2.75, 3.05) is 0 Å². The predicted molar refractivity (Wildman–Crippen MR) is 41.7 cm³/mol. The van der Waals surface area contributed by atoms with Crippen LogP contribution in [0.4, 0.5) is 0 Å². The molecule has 1 unspecified atom stereocenters. The van der Waals surface area contributed by atoms with Crippen LogP contribution in [0.15, 0.2) is 23.6 Å². The summed E-state index contributed by atoms with van der Waals surface area (Å²) in [5.41, 5.74) is 0. The number of thioether (sulfide) groups is 1. The maximum atomic E-state index is 10.6. The van der Waals surface area contributed by atoms with Crippen LogP contribution in [0, 0.1) is 0 Å². The molecule has 0 aromatic heterocycles. The molecule has 2 N–H and O–H groups in total. The van der Waals surface area contributed by atoms with Gasteiger partial charge in [-0.3, -0.25) is 4.57 Å². The Morgan fingerprint density at radius 3 is 2.40 bits per heavy atom. The summed E-state index contributed by atoms with van der Waals surface area (Å²) in [6, 6.07) is 0. The molecule has 1 heterocycles. The molecule has 1 rings (SSSR count). The van der Waals surface area contributed by atoms with Crippen molar-refractivity contribution in [1.82, 2.24) is 0 Å². The lowest BCUT2D eigenvalue weighted by Crippen LogP contribution is -1.98. The van der Waals surface area contributed by atoms with Crippen LogP contribution < -0.4 is 0 Å². The third-order valence-electron chi connectivity index (χ3n) is 1.01. The van der Waals surface area contributed by atoms with Gasteiger partial charge in [0.25, 0.3) is 0 Å². The first-order valence-electron chi connectivity index (χ1n) is 2.65. The number of hydrogen-bond donors (Lipinski definition) is 2. The van der Waals surface area contributed by atoms with Gasteiger partial charge >= 0.3 is 7.60 Å². The van der Waals surface area contributed by atoms with Crippen molar-refractivity contribution in [1.29, 1.82) is 0 Å². The van der Waals surface area contributed by atoms with Gasteiger partial charge in [0.05, 0.1) is 0 Å². The molecule has 0 aromatic carbocycles. The summed E-state index contributed by atoms with van der Waals surface area (Å²) in [6.07, 6.45) is 4.89. The molecule has 10 heavy (non-hydrogen) atoms. The standard InChI is InChI=1S/C5H7O3PS/c6-9(7,8)5-3-1-2-4-10-5/h1-5H,(H2,6,7,8). The smallest absolute Gasteiger partial charge is 0.323 e. The zero-order valence-electron chi connectivity index (χ0n) is 5.04. The van der Waals surface area contributed by atoms with Crippen LogP contribution in [-0.4, -0.2) is 14.8 Å². The highest BCUT2D eigenvalue weighted by atomic mass is 32.2. The van der Waals surface area contributed by atoms with Crippen molar-refractivity contribution >= 4 is 19.4 Å². The Hall–Kier alpha value is -0.0200. The molecule has 0 saturated heterocycles. The quantitative estimate of drug-likeness (QED) is 0.594. The maximum absolute atomic E-state index is 10.6. The Morgan fingerprint density at radius 1 is 1.40 bits per heavy atom. The van der Waals surface area contributed by atoms with E-state index in [2.05, 4.69) is 0 Å². The Kier molecular flexibility index (Phi) is 2.36. The van der Waals surface area contributed by atoms with Crippen molar-refractivity contribution in [2.45, 2.75) is 4.99 Å². The van der Waals surface area contributed by atoms with Gasteiger partial charge in [0.1, 0.15) is 4.99 Å². The molecule has 0 fully saturated rings. The molecule has 56 valence electrons. The lowest BCUT2D eigenvalue weighted by Gasteiger charge is -2.12. The van der Waals surface area contributed by atoms with Crippen LogP contribution in [0.5, 0.6) is 0 Å². The minimum absolute atomic E-state index is 0.683. The summed E-state index contributed by atoms with van der Waals surface area (Å²) < 4.78 is 10.6. The molecular weight excluding hydrogens is 171 g/mol. The van der Waals surface area contributed by atoms with Gasteiger partial charge in [-0.25, -0.2) is 0 Å². The van der Waals surface area contributed by atoms with Crippen LogP contribution in [-0.2, 0) is 4.57 Å². The van der Waals surface area contributed by atoms with E-state index in [0.717, 1.165) is 11.8 Å². The fraction of sp³-hybridized carbons (Fsp3) is 0.200. The molecule has 3 nitrogen and oxygen atoms in total. The summed E-state index contributed by atoms with van der Waals surface area (Å²) in [7, 11) is -3.92. The fourth-order valence-electron chi connectivity index (χ4n) is 0.567. The lowest BCUT2D eigenvalue weighted by molar-refractivity contribution is 0.374. The van der Waals surface area contributed by atoms with Crippen molar-refractivity contribution < 1.29 is 14.4 Å². The van der Waals surface area contributed by atoms with Gasteiger partial charge in [-0.15, -0.1) is 11.8 Å². The normalized spacial score (nSPS) is 25.2. The molecule has 1 atom stereocenters. The van der Waals surface area contributed by atoms with Crippen molar-refractivity contribution in [3.05, 3.63) is 23.6 Å². The largest absolute Gasteiger partial charge is 0.342 e. The summed E-state index contributed by atoms with van der Waals surface area (Å²) in [5.74, 6) is 0. The van der Waals surface area contributed by atoms with Gasteiger partial charge in [0, 0.05) is 0 Å². The molecule has 0 bridgehead atoms. The first-order chi connectivity index (χ1) is 4.61. The number of rotatable bonds is 1. The number of allylic oxidation sites excluding steroid dienone is 2. The van der Waals surface area contributed by atoms with Crippen LogP contribution >= 0.6 is 19.4 Å². The van der Waals surface area contributed by atoms with E-state index in [9.17, 15) is 4.57 Å². The van der Waals surface area contributed by atoms with E-state index in [4.69, 9.17) is 9.79 Å². The first-order valence-corrected chi connectivity index (χ1v) is 5.27. The minimum atomic E-state index is -3.92. The average molecular weight is 178 g/mol. The lowest BCUT2D eigenvalue weighted by atomic mass is 10.5. The van der Waals surface area contributed by atoms with Gasteiger partial charge in [0.2, 0.25) is 0 Å². The molecule has 1 aliphatic heterocycles. The van der Waals surface area contributed by atoms with Gasteiger partial charge in [-0.05, 0) is 5.41 Å². The average Bonchev–Trinajstić information content (AvgIpc) is 1.88. The van der Waals surface area contributed by atoms with E-state index in [1.165, 1.54) is 6.08 Å². The maximum Gasteiger partial charge on any atom is 0.342 e. The zero-order chi connectivity index (χ0) is 7.61. The third-order valence-corrected chi connectivity index (χ3v) is 3.79. The molecule has 0 aliphatic carbocycles. The third kappa shape index (κ3) is 1.99. The number of hydrogen-bond acceptors (Lipinski definition) is 2. The van der Waals surface area contributed by atoms with Crippen molar-refractivity contribution in [3.8, 4) is 0 Å². The van der Waals surface area contributed by atoms with Gasteiger partial charge in [-0.2, -0.15) is 0 Å². The van der Waals surface area contributed by atoms with Gasteiger partial charge < -0.3 is 9.79 Å². The van der Waals surface area contributed by atoms with Crippen LogP contribution in [0.25, 0.3) is 0 Å². The van der Waals surface area contributed by atoms with Crippen LogP contribution in [0.1, 0.15) is 0 Å². The van der Waals surface area contributed by atoms with E-state index in [-0.39, 0.29) is 0 Å². The van der Waals surface area contributed by atoms with Crippen LogP contribution in [0.2, 0.25) is 0 Å². The summed E-state index contributed by atoms with van der Waals surface area (Å²) in [5, 5.41) is 1.67. The molecule has 0 radical (unpaired) electrons. The second kappa shape index (κ2) is 2.93.